The molecule has 0 amide bonds. The smallest absolute Gasteiger partial charge is 0.280 e. The summed E-state index contributed by atoms with van der Waals surface area (Å²) in [7, 11) is -3.80. The largest absolute Gasteiger partial charge is 0.295 e. The van der Waals surface area contributed by atoms with Gasteiger partial charge in [0, 0.05) is 17.3 Å². The third-order valence-electron chi connectivity index (χ3n) is 5.61. The first-order valence-corrected chi connectivity index (χ1v) is 13.4. The molecule has 0 saturated carbocycles. The highest BCUT2D eigenvalue weighted by molar-refractivity contribution is 7.93. The molecule has 36 heavy (non-hydrogen) atoms. The molecule has 0 aliphatic rings. The van der Waals surface area contributed by atoms with Crippen LogP contribution < -0.4 is 10.3 Å². The van der Waals surface area contributed by atoms with Crippen molar-refractivity contribution in [1.82, 2.24) is 20.0 Å². The molecule has 0 bridgehead atoms. The van der Waals surface area contributed by atoms with Gasteiger partial charge in [-0.25, -0.2) is 13.1 Å². The van der Waals surface area contributed by atoms with E-state index in [-0.39, 0.29) is 15.6 Å². The zero-order chi connectivity index (χ0) is 25.3. The molecular weight excluding hydrogens is 496 g/mol. The third kappa shape index (κ3) is 4.58. The summed E-state index contributed by atoms with van der Waals surface area (Å²) in [5.41, 5.74) is 2.13. The Balaban J connectivity index is 1.39. The molecule has 0 atom stereocenters. The number of benzene rings is 3. The van der Waals surface area contributed by atoms with Gasteiger partial charge in [0.2, 0.25) is 5.13 Å². The van der Waals surface area contributed by atoms with Crippen molar-refractivity contribution in [3.63, 3.8) is 0 Å². The topological polar surface area (TPSA) is 122 Å². The molecule has 0 spiro atoms. The van der Waals surface area contributed by atoms with E-state index in [0.29, 0.717) is 23.4 Å². The Labute approximate surface area is 211 Å². The summed E-state index contributed by atoms with van der Waals surface area (Å²) in [6.07, 6.45) is 2.17. The fraction of sp³-hybridized carbons (Fsp3) is 0.120. The minimum atomic E-state index is -3.80. The highest BCUT2D eigenvalue weighted by Crippen LogP contribution is 2.23. The lowest BCUT2D eigenvalue weighted by molar-refractivity contribution is 0.601. The molecule has 0 fully saturated rings. The summed E-state index contributed by atoms with van der Waals surface area (Å²) in [5.74, 6) is 0. The average Bonchev–Trinajstić information content (AvgIpc) is 3.45. The van der Waals surface area contributed by atoms with Gasteiger partial charge in [0.25, 0.3) is 15.6 Å². The number of sulfonamides is 1. The molecule has 3 aromatic carbocycles. The van der Waals surface area contributed by atoms with Crippen LogP contribution in [0.1, 0.15) is 23.2 Å². The summed E-state index contributed by atoms with van der Waals surface area (Å²) < 4.78 is 29.3. The maximum atomic E-state index is 13.2. The Kier molecular flexibility index (Phi) is 6.25. The van der Waals surface area contributed by atoms with Crippen LogP contribution in [0.3, 0.4) is 0 Å². The van der Waals surface area contributed by atoms with E-state index in [1.165, 1.54) is 34.4 Å². The predicted molar refractivity (Wildman–Crippen MR) is 142 cm³/mol. The summed E-state index contributed by atoms with van der Waals surface area (Å²) in [4.78, 5) is 17.7. The van der Waals surface area contributed by atoms with Crippen molar-refractivity contribution in [2.45, 2.75) is 25.2 Å². The van der Waals surface area contributed by atoms with Gasteiger partial charge in [-0.2, -0.15) is 0 Å². The quantitative estimate of drug-likeness (QED) is 0.305. The number of nitrogens with one attached hydrogen (secondary N) is 2. The maximum Gasteiger partial charge on any atom is 0.280 e. The van der Waals surface area contributed by atoms with Crippen molar-refractivity contribution in [3.8, 4) is 5.69 Å². The molecule has 182 valence electrons. The van der Waals surface area contributed by atoms with Gasteiger partial charge in [-0.3, -0.25) is 19.6 Å². The van der Waals surface area contributed by atoms with Crippen LogP contribution in [0.4, 0.5) is 10.8 Å². The van der Waals surface area contributed by atoms with Gasteiger partial charge in [-0.15, -0.1) is 10.2 Å². The van der Waals surface area contributed by atoms with E-state index >= 15 is 0 Å². The minimum Gasteiger partial charge on any atom is -0.295 e. The Morgan fingerprint density at radius 2 is 1.81 bits per heavy atom. The molecule has 9 nitrogen and oxygen atoms in total. The first-order chi connectivity index (χ1) is 17.4. The average molecular weight is 519 g/mol. The van der Waals surface area contributed by atoms with E-state index in [9.17, 15) is 13.2 Å². The lowest BCUT2D eigenvalue weighted by Crippen LogP contribution is -2.17. The molecule has 0 aliphatic heterocycles. The summed E-state index contributed by atoms with van der Waals surface area (Å²) in [6, 6.07) is 19.7. The Morgan fingerprint density at radius 3 is 2.56 bits per heavy atom. The summed E-state index contributed by atoms with van der Waals surface area (Å²) >= 11 is 1.20. The van der Waals surface area contributed by atoms with Crippen molar-refractivity contribution in [2.75, 3.05) is 4.72 Å². The summed E-state index contributed by atoms with van der Waals surface area (Å²) in [6.45, 7) is 3.73. The second-order valence-corrected chi connectivity index (χ2v) is 10.7. The van der Waals surface area contributed by atoms with Gasteiger partial charge in [0.15, 0.2) is 0 Å². The second-order valence-electron chi connectivity index (χ2n) is 8.00. The van der Waals surface area contributed by atoms with E-state index in [2.05, 4.69) is 25.0 Å². The van der Waals surface area contributed by atoms with Gasteiger partial charge in [-0.05, 0) is 49.1 Å². The lowest BCUT2D eigenvalue weighted by Gasteiger charge is -2.06. The number of aliphatic imine (C=N–C) groups is 1. The van der Waals surface area contributed by atoms with E-state index in [4.69, 9.17) is 0 Å². The van der Waals surface area contributed by atoms with Crippen LogP contribution >= 0.6 is 11.3 Å². The lowest BCUT2D eigenvalue weighted by atomic mass is 10.1. The molecule has 11 heteroatoms. The Morgan fingerprint density at radius 1 is 1.06 bits per heavy atom. The zero-order valence-corrected chi connectivity index (χ0v) is 21.1. The van der Waals surface area contributed by atoms with Crippen LogP contribution in [0.15, 0.2) is 81.4 Å². The number of hydrogen-bond acceptors (Lipinski definition) is 7. The molecule has 2 aromatic heterocycles. The number of nitrogens with zero attached hydrogens (tertiary/aromatic N) is 4. The number of rotatable bonds is 7. The number of aryl methyl sites for hydroxylation is 2. The van der Waals surface area contributed by atoms with Crippen LogP contribution in [0.2, 0.25) is 0 Å². The molecule has 0 aliphatic carbocycles. The highest BCUT2D eigenvalue weighted by atomic mass is 32.2. The SMILES string of the molecule is CCc1nnc(NS(=O)(=O)c2ccc(N=Cc3c(C)[nH]n(-c4cccc5ccccc45)c3=O)cc2)s1. The standard InChI is InChI=1S/C25H22N6O3S2/c1-3-23-27-28-25(35-23)30-36(33,34)19-13-11-18(12-14-19)26-15-21-16(2)29-31(24(21)32)22-10-6-8-17-7-4-5-9-20(17)22/h4-15,29H,3H2,1-2H3,(H,28,30). The Hall–Kier alpha value is -4.09. The monoisotopic (exact) mass is 518 g/mol. The zero-order valence-electron chi connectivity index (χ0n) is 19.5. The molecule has 2 heterocycles. The molecule has 2 N–H and O–H groups in total. The number of aromatic nitrogens is 4. The van der Waals surface area contributed by atoms with Gasteiger partial charge >= 0.3 is 0 Å². The van der Waals surface area contributed by atoms with Crippen LogP contribution in [0, 0.1) is 6.92 Å². The maximum absolute atomic E-state index is 13.2. The number of aromatic amines is 1. The molecule has 5 rings (SSSR count). The number of hydrogen-bond donors (Lipinski definition) is 2. The van der Waals surface area contributed by atoms with Crippen molar-refractivity contribution in [1.29, 1.82) is 0 Å². The molecule has 0 saturated heterocycles. The third-order valence-corrected chi connectivity index (χ3v) is 8.07. The van der Waals surface area contributed by atoms with E-state index < -0.39 is 10.0 Å². The Bertz CT molecular complexity index is 1740. The van der Waals surface area contributed by atoms with Gasteiger partial charge in [0.1, 0.15) is 5.01 Å². The highest BCUT2D eigenvalue weighted by Gasteiger charge is 2.17. The number of H-pyrrole nitrogens is 1. The molecular formula is C25H22N6O3S2. The normalized spacial score (nSPS) is 11.9. The molecule has 0 radical (unpaired) electrons. The molecule has 0 unspecified atom stereocenters. The predicted octanol–water partition coefficient (Wildman–Crippen LogP) is 4.59. The van der Waals surface area contributed by atoms with Crippen molar-refractivity contribution >= 4 is 49.2 Å². The fourth-order valence-electron chi connectivity index (χ4n) is 3.75. The fourth-order valence-corrected chi connectivity index (χ4v) is 5.66. The van der Waals surface area contributed by atoms with E-state index in [1.54, 1.807) is 12.1 Å². The van der Waals surface area contributed by atoms with Gasteiger partial charge in [0.05, 0.1) is 21.8 Å². The molecule has 5 aromatic rings. The van der Waals surface area contributed by atoms with Crippen molar-refractivity contribution in [2.24, 2.45) is 4.99 Å². The minimum absolute atomic E-state index is 0.0748. The van der Waals surface area contributed by atoms with Crippen molar-refractivity contribution in [3.05, 3.63) is 93.3 Å². The van der Waals surface area contributed by atoms with Gasteiger partial charge < -0.3 is 0 Å². The van der Waals surface area contributed by atoms with Crippen LogP contribution in [0.25, 0.3) is 16.5 Å². The van der Waals surface area contributed by atoms with Crippen LogP contribution in [-0.2, 0) is 16.4 Å². The summed E-state index contributed by atoms with van der Waals surface area (Å²) in [5, 5.41) is 13.9. The van der Waals surface area contributed by atoms with E-state index in [1.807, 2.05) is 56.3 Å². The number of fused-ring (bicyclic) bond motifs is 1. The van der Waals surface area contributed by atoms with Crippen LogP contribution in [-0.4, -0.2) is 34.6 Å². The van der Waals surface area contributed by atoms with E-state index in [0.717, 1.165) is 21.5 Å². The van der Waals surface area contributed by atoms with Gasteiger partial charge in [-0.1, -0.05) is 54.7 Å². The van der Waals surface area contributed by atoms with Crippen molar-refractivity contribution < 1.29 is 8.42 Å². The second kappa shape index (κ2) is 9.51. The first kappa shape index (κ1) is 23.6. The number of anilines is 1. The van der Waals surface area contributed by atoms with Crippen LogP contribution in [0.5, 0.6) is 0 Å². The first-order valence-electron chi connectivity index (χ1n) is 11.1.